The number of hydrogen-bond acceptors (Lipinski definition) is 5. The fourth-order valence-electron chi connectivity index (χ4n) is 4.58. The third-order valence-corrected chi connectivity index (χ3v) is 6.44. The van der Waals surface area contributed by atoms with E-state index in [0.29, 0.717) is 30.5 Å². The first-order chi connectivity index (χ1) is 18.0. The maximum Gasteiger partial charge on any atom is 0.315 e. The zero-order valence-corrected chi connectivity index (χ0v) is 20.7. The molecule has 1 heterocycles. The van der Waals surface area contributed by atoms with Gasteiger partial charge in [-0.1, -0.05) is 73.3 Å². The Morgan fingerprint density at radius 2 is 1.65 bits per heavy atom. The van der Waals surface area contributed by atoms with Crippen LogP contribution in [0.5, 0.6) is 17.2 Å². The molecule has 0 radical (unpaired) electrons. The third kappa shape index (κ3) is 6.09. The van der Waals surface area contributed by atoms with Crippen LogP contribution >= 0.6 is 0 Å². The van der Waals surface area contributed by atoms with Gasteiger partial charge in [-0.15, -0.1) is 0 Å². The summed E-state index contributed by atoms with van der Waals surface area (Å²) in [5, 5.41) is 9.53. The molecule has 3 aromatic rings. The van der Waals surface area contributed by atoms with Gasteiger partial charge in [0.1, 0.15) is 19.0 Å². The Hall–Kier alpha value is -4.32. The summed E-state index contributed by atoms with van der Waals surface area (Å²) in [6, 6.07) is 22.3. The molecule has 0 saturated heterocycles. The van der Waals surface area contributed by atoms with Crippen LogP contribution in [0.1, 0.15) is 24.8 Å². The number of ether oxygens (including phenoxy) is 3. The molecule has 1 saturated carbocycles. The molecule has 2 aliphatic rings. The summed E-state index contributed by atoms with van der Waals surface area (Å²) in [6.07, 6.45) is 5.85. The SMILES string of the molecule is C=C/C=C\C.O=C(O)C1C[C@@H](C(=O)Oc2cccc(-c3ccc4c(c3)OCCO4)c2)[C@@H]1c1ccccc1. The molecule has 190 valence electrons. The Labute approximate surface area is 216 Å². The van der Waals surface area contributed by atoms with Gasteiger partial charge in [0.05, 0.1) is 11.8 Å². The molecule has 1 aliphatic carbocycles. The van der Waals surface area contributed by atoms with Crippen molar-refractivity contribution in [2.75, 3.05) is 13.2 Å². The smallest absolute Gasteiger partial charge is 0.315 e. The Bertz CT molecular complexity index is 1280. The molecule has 3 atom stereocenters. The number of carbonyl (C=O) groups excluding carboxylic acids is 1. The monoisotopic (exact) mass is 498 g/mol. The van der Waals surface area contributed by atoms with Gasteiger partial charge in [-0.25, -0.2) is 0 Å². The van der Waals surface area contributed by atoms with Crippen molar-refractivity contribution in [1.29, 1.82) is 0 Å². The van der Waals surface area contributed by atoms with Crippen LogP contribution in [0, 0.1) is 11.8 Å². The van der Waals surface area contributed by atoms with Crippen molar-refractivity contribution < 1.29 is 28.9 Å². The van der Waals surface area contributed by atoms with E-state index in [1.807, 2.05) is 79.7 Å². The molecule has 3 aromatic carbocycles. The maximum absolute atomic E-state index is 12.9. The fraction of sp³-hybridized carbons (Fsp3) is 0.226. The van der Waals surface area contributed by atoms with Crippen molar-refractivity contribution in [2.24, 2.45) is 11.8 Å². The van der Waals surface area contributed by atoms with E-state index in [0.717, 1.165) is 16.7 Å². The molecular formula is C31H30O6. The number of aliphatic carboxylic acids is 1. The normalized spacial score (nSPS) is 19.6. The molecule has 0 amide bonds. The number of carboxylic acid groups (broad SMARTS) is 1. The minimum Gasteiger partial charge on any atom is -0.486 e. The molecule has 1 fully saturated rings. The van der Waals surface area contributed by atoms with Gasteiger partial charge >= 0.3 is 11.9 Å². The van der Waals surface area contributed by atoms with Gasteiger partial charge in [0.2, 0.25) is 0 Å². The topological polar surface area (TPSA) is 82.1 Å². The standard InChI is InChI=1S/C26H22O6.C5H8/c27-25(28)20-15-21(24(20)16-5-2-1-3-6-16)26(29)32-19-8-4-7-17(13-19)18-9-10-22-23(14-18)31-12-11-30-22;1-3-5-4-2/h1-10,13-14,20-21,24H,11-12,15H2,(H,27,28);3-5H,1H2,2H3/b;5-4-/t20?,21-,24-;/m1./s1. The molecule has 6 heteroatoms. The molecular weight excluding hydrogens is 468 g/mol. The molecule has 1 aliphatic heterocycles. The van der Waals surface area contributed by atoms with E-state index in [-0.39, 0.29) is 12.3 Å². The zero-order chi connectivity index (χ0) is 26.2. The van der Waals surface area contributed by atoms with Crippen LogP contribution in [0.15, 0.2) is 97.6 Å². The van der Waals surface area contributed by atoms with Gasteiger partial charge < -0.3 is 19.3 Å². The molecule has 5 rings (SSSR count). The minimum absolute atomic E-state index is 0.273. The highest BCUT2D eigenvalue weighted by Gasteiger charge is 2.50. The van der Waals surface area contributed by atoms with Crippen molar-refractivity contribution in [2.45, 2.75) is 19.3 Å². The van der Waals surface area contributed by atoms with Crippen LogP contribution in [0.3, 0.4) is 0 Å². The van der Waals surface area contributed by atoms with Crippen LogP contribution in [0.2, 0.25) is 0 Å². The minimum atomic E-state index is -0.886. The maximum atomic E-state index is 12.9. The quantitative estimate of drug-likeness (QED) is 0.245. The summed E-state index contributed by atoms with van der Waals surface area (Å²) in [7, 11) is 0. The second kappa shape index (κ2) is 12.1. The summed E-state index contributed by atoms with van der Waals surface area (Å²) in [4.78, 5) is 24.6. The van der Waals surface area contributed by atoms with Crippen LogP contribution in [-0.4, -0.2) is 30.3 Å². The van der Waals surface area contributed by atoms with Crippen LogP contribution < -0.4 is 14.2 Å². The number of carbonyl (C=O) groups is 2. The zero-order valence-electron chi connectivity index (χ0n) is 20.7. The van der Waals surface area contributed by atoms with Crippen molar-refractivity contribution in [1.82, 2.24) is 0 Å². The van der Waals surface area contributed by atoms with Crippen LogP contribution in [-0.2, 0) is 9.59 Å². The highest BCUT2D eigenvalue weighted by atomic mass is 16.6. The van der Waals surface area contributed by atoms with Crippen molar-refractivity contribution in [3.05, 3.63) is 103 Å². The average Bonchev–Trinajstić information content (AvgIpc) is 2.89. The largest absolute Gasteiger partial charge is 0.486 e. The number of benzene rings is 3. The van der Waals surface area contributed by atoms with E-state index < -0.39 is 23.8 Å². The van der Waals surface area contributed by atoms with Crippen molar-refractivity contribution >= 4 is 11.9 Å². The van der Waals surface area contributed by atoms with Gasteiger partial charge in [-0.05, 0) is 54.3 Å². The number of hydrogen-bond donors (Lipinski definition) is 1. The molecule has 37 heavy (non-hydrogen) atoms. The second-order valence-corrected chi connectivity index (χ2v) is 8.79. The number of fused-ring (bicyclic) bond motifs is 1. The number of allylic oxidation sites excluding steroid dienone is 3. The van der Waals surface area contributed by atoms with Crippen LogP contribution in [0.25, 0.3) is 11.1 Å². The van der Waals surface area contributed by atoms with Crippen molar-refractivity contribution in [3.8, 4) is 28.4 Å². The highest BCUT2D eigenvalue weighted by Crippen LogP contribution is 2.48. The van der Waals surface area contributed by atoms with E-state index >= 15 is 0 Å². The summed E-state index contributed by atoms with van der Waals surface area (Å²) in [6.45, 7) is 6.47. The molecule has 1 N–H and O–H groups in total. The Kier molecular flexibility index (Phi) is 8.41. The third-order valence-electron chi connectivity index (χ3n) is 6.44. The van der Waals surface area contributed by atoms with Gasteiger partial charge in [0.15, 0.2) is 11.5 Å². The first-order valence-electron chi connectivity index (χ1n) is 12.2. The lowest BCUT2D eigenvalue weighted by molar-refractivity contribution is -0.155. The number of rotatable bonds is 6. The number of esters is 1. The molecule has 6 nitrogen and oxygen atoms in total. The lowest BCUT2D eigenvalue weighted by Gasteiger charge is -2.40. The summed E-state index contributed by atoms with van der Waals surface area (Å²) >= 11 is 0. The van der Waals surface area contributed by atoms with Gasteiger partial charge in [0, 0.05) is 5.92 Å². The van der Waals surface area contributed by atoms with E-state index in [1.165, 1.54) is 0 Å². The number of carboxylic acids is 1. The average molecular weight is 499 g/mol. The van der Waals surface area contributed by atoms with E-state index in [2.05, 4.69) is 6.58 Å². The van der Waals surface area contributed by atoms with Gasteiger partial charge in [0.25, 0.3) is 0 Å². The van der Waals surface area contributed by atoms with E-state index in [9.17, 15) is 14.7 Å². The van der Waals surface area contributed by atoms with E-state index in [4.69, 9.17) is 14.2 Å². The Morgan fingerprint density at radius 1 is 0.919 bits per heavy atom. The lowest BCUT2D eigenvalue weighted by atomic mass is 9.62. The predicted molar refractivity (Wildman–Crippen MR) is 142 cm³/mol. The van der Waals surface area contributed by atoms with E-state index in [1.54, 1.807) is 18.2 Å². The van der Waals surface area contributed by atoms with Crippen molar-refractivity contribution in [3.63, 3.8) is 0 Å². The second-order valence-electron chi connectivity index (χ2n) is 8.79. The molecule has 0 bridgehead atoms. The fourth-order valence-corrected chi connectivity index (χ4v) is 4.58. The first-order valence-corrected chi connectivity index (χ1v) is 12.2. The highest BCUT2D eigenvalue weighted by molar-refractivity contribution is 5.83. The molecule has 1 unspecified atom stereocenters. The Balaban J connectivity index is 0.000000586. The molecule has 0 aromatic heterocycles. The summed E-state index contributed by atoms with van der Waals surface area (Å²) in [5.41, 5.74) is 2.64. The summed E-state index contributed by atoms with van der Waals surface area (Å²) < 4.78 is 16.9. The summed E-state index contributed by atoms with van der Waals surface area (Å²) in [5.74, 6) is -0.923. The Morgan fingerprint density at radius 3 is 2.32 bits per heavy atom. The van der Waals surface area contributed by atoms with Gasteiger partial charge in [-0.3, -0.25) is 9.59 Å². The predicted octanol–water partition coefficient (Wildman–Crippen LogP) is 6.28. The van der Waals surface area contributed by atoms with Crippen LogP contribution in [0.4, 0.5) is 0 Å². The van der Waals surface area contributed by atoms with Gasteiger partial charge in [-0.2, -0.15) is 0 Å². The lowest BCUT2D eigenvalue weighted by Crippen LogP contribution is -2.45. The first kappa shape index (κ1) is 25.8. The molecule has 0 spiro atoms.